The predicted molar refractivity (Wildman–Crippen MR) is 55.0 cm³/mol. The van der Waals surface area contributed by atoms with Gasteiger partial charge in [0.05, 0.1) is 7.11 Å². The van der Waals surface area contributed by atoms with Crippen LogP contribution in [0.25, 0.3) is 11.1 Å². The van der Waals surface area contributed by atoms with Crippen molar-refractivity contribution in [2.45, 2.75) is 0 Å². The number of hydrogen-bond donors (Lipinski definition) is 0. The third-order valence-corrected chi connectivity index (χ3v) is 2.25. The van der Waals surface area contributed by atoms with Crippen LogP contribution in [0.2, 0.25) is 0 Å². The highest BCUT2D eigenvalue weighted by Gasteiger charge is 2.13. The lowest BCUT2D eigenvalue weighted by Crippen LogP contribution is -1.79. The van der Waals surface area contributed by atoms with Crippen molar-refractivity contribution in [1.82, 2.24) is 0 Å². The molecule has 0 N–H and O–H groups in total. The molecule has 2 aliphatic rings. The van der Waals surface area contributed by atoms with E-state index in [9.17, 15) is 4.79 Å². The van der Waals surface area contributed by atoms with Crippen molar-refractivity contribution in [2.24, 2.45) is 0 Å². The minimum Gasteiger partial charge on any atom is -0.496 e. The normalized spacial score (nSPS) is 10.1. The molecule has 0 spiro atoms. The maximum absolute atomic E-state index is 10.8. The van der Waals surface area contributed by atoms with Gasteiger partial charge in [0, 0.05) is 11.1 Å². The zero-order valence-electron chi connectivity index (χ0n) is 7.86. The van der Waals surface area contributed by atoms with Gasteiger partial charge in [-0.05, 0) is 11.6 Å². The Hall–Kier alpha value is -1.83. The van der Waals surface area contributed by atoms with Crippen molar-refractivity contribution in [3.05, 3.63) is 42.0 Å². The van der Waals surface area contributed by atoms with Gasteiger partial charge < -0.3 is 4.74 Å². The molecular weight excluding hydrogens is 176 g/mol. The summed E-state index contributed by atoms with van der Waals surface area (Å²) in [6, 6.07) is 11.4. The summed E-state index contributed by atoms with van der Waals surface area (Å²) in [5.74, 6) is 0.748. The van der Waals surface area contributed by atoms with E-state index in [0.29, 0.717) is 5.56 Å². The van der Waals surface area contributed by atoms with E-state index in [0.717, 1.165) is 23.2 Å². The molecule has 0 heterocycles. The molecule has 2 nitrogen and oxygen atoms in total. The second kappa shape index (κ2) is 3.50. The van der Waals surface area contributed by atoms with E-state index in [4.69, 9.17) is 4.74 Å². The Labute approximate surface area is 82.5 Å². The van der Waals surface area contributed by atoms with Gasteiger partial charge in [-0.25, -0.2) is 0 Å². The van der Waals surface area contributed by atoms with E-state index in [1.54, 1.807) is 13.2 Å². The first-order valence-corrected chi connectivity index (χ1v) is 4.37. The molecule has 0 saturated carbocycles. The van der Waals surface area contributed by atoms with Gasteiger partial charge in [0.25, 0.3) is 0 Å². The van der Waals surface area contributed by atoms with Gasteiger partial charge in [0.15, 0.2) is 6.29 Å². The molecule has 70 valence electrons. The number of rotatable bonds is 2. The Morgan fingerprint density at radius 3 is 2.50 bits per heavy atom. The lowest BCUT2D eigenvalue weighted by atomic mass is 10.1. The zero-order chi connectivity index (χ0) is 9.97. The van der Waals surface area contributed by atoms with E-state index < -0.39 is 0 Å². The topological polar surface area (TPSA) is 26.3 Å². The Balaban J connectivity index is 2.73. The molecule has 0 unspecified atom stereocenters. The largest absolute Gasteiger partial charge is 0.496 e. The van der Waals surface area contributed by atoms with Gasteiger partial charge >= 0.3 is 0 Å². The van der Waals surface area contributed by atoms with Crippen molar-refractivity contribution in [3.63, 3.8) is 0 Å². The molecule has 0 aliphatic heterocycles. The highest BCUT2D eigenvalue weighted by molar-refractivity contribution is 5.93. The Morgan fingerprint density at radius 2 is 1.86 bits per heavy atom. The molecule has 0 aromatic carbocycles. The molecule has 14 heavy (non-hydrogen) atoms. The quantitative estimate of drug-likeness (QED) is 0.674. The van der Waals surface area contributed by atoms with E-state index >= 15 is 0 Å². The molecule has 2 aliphatic carbocycles. The van der Waals surface area contributed by atoms with Crippen molar-refractivity contribution in [1.29, 1.82) is 0 Å². The summed E-state index contributed by atoms with van der Waals surface area (Å²) in [5.41, 5.74) is 2.58. The third kappa shape index (κ3) is 1.25. The van der Waals surface area contributed by atoms with Crippen molar-refractivity contribution < 1.29 is 9.53 Å². The van der Waals surface area contributed by atoms with Crippen LogP contribution < -0.4 is 4.74 Å². The number of methoxy groups -OCH3 is 1. The van der Waals surface area contributed by atoms with Crippen LogP contribution in [0.15, 0.2) is 36.4 Å². The average molecular weight is 186 g/mol. The number of carbonyl (C=O) groups excluding carboxylic acids is 1. The smallest absolute Gasteiger partial charge is 0.150 e. The number of fused-ring (bicyclic) bond motifs is 1. The standard InChI is InChI=1S/C12H10O2/c1-14-12-7-9(8-13)10-5-3-2-4-6-11(10)12/h2-8H,1H3. The molecule has 0 amide bonds. The first kappa shape index (κ1) is 8.75. The van der Waals surface area contributed by atoms with Crippen molar-refractivity contribution in [2.75, 3.05) is 7.11 Å². The van der Waals surface area contributed by atoms with Gasteiger partial charge in [-0.15, -0.1) is 0 Å². The first-order chi connectivity index (χ1) is 6.86. The number of carbonyl (C=O) groups is 1. The maximum Gasteiger partial charge on any atom is 0.150 e. The third-order valence-electron chi connectivity index (χ3n) is 2.25. The van der Waals surface area contributed by atoms with Gasteiger partial charge in [-0.2, -0.15) is 0 Å². The van der Waals surface area contributed by atoms with Crippen LogP contribution in [-0.4, -0.2) is 13.4 Å². The molecule has 0 aromatic heterocycles. The summed E-state index contributed by atoms with van der Waals surface area (Å²) in [5, 5.41) is 0. The van der Waals surface area contributed by atoms with E-state index in [-0.39, 0.29) is 0 Å². The van der Waals surface area contributed by atoms with Crippen LogP contribution in [0.4, 0.5) is 0 Å². The molecule has 2 heteroatoms. The summed E-state index contributed by atoms with van der Waals surface area (Å²) in [7, 11) is 1.61. The molecule has 0 radical (unpaired) electrons. The van der Waals surface area contributed by atoms with Crippen LogP contribution in [0.3, 0.4) is 0 Å². The Kier molecular flexibility index (Phi) is 2.19. The fourth-order valence-corrected chi connectivity index (χ4v) is 1.58. The van der Waals surface area contributed by atoms with Crippen LogP contribution in [0, 0.1) is 0 Å². The van der Waals surface area contributed by atoms with Gasteiger partial charge in [-0.1, -0.05) is 30.3 Å². The molecular formula is C12H10O2. The summed E-state index contributed by atoms with van der Waals surface area (Å²) in [6.45, 7) is 0. The highest BCUT2D eigenvalue weighted by Crippen LogP contribution is 2.36. The zero-order valence-corrected chi connectivity index (χ0v) is 7.86. The summed E-state index contributed by atoms with van der Waals surface area (Å²) < 4.78 is 5.19. The molecule has 2 rings (SSSR count). The first-order valence-electron chi connectivity index (χ1n) is 4.37. The van der Waals surface area contributed by atoms with Crippen molar-refractivity contribution in [3.8, 4) is 16.9 Å². The van der Waals surface area contributed by atoms with Crippen LogP contribution >= 0.6 is 0 Å². The second-order valence-corrected chi connectivity index (χ2v) is 3.02. The Bertz CT molecular complexity index is 435. The fourth-order valence-electron chi connectivity index (χ4n) is 1.58. The fraction of sp³-hybridized carbons (Fsp3) is 0.0833. The average Bonchev–Trinajstić information content (AvgIpc) is 2.39. The molecule has 0 fully saturated rings. The minimum absolute atomic E-state index is 0.674. The lowest BCUT2D eigenvalue weighted by molar-refractivity contribution is 0.112. The van der Waals surface area contributed by atoms with Crippen LogP contribution in [0.5, 0.6) is 5.75 Å². The van der Waals surface area contributed by atoms with E-state index in [1.165, 1.54) is 0 Å². The second-order valence-electron chi connectivity index (χ2n) is 3.02. The summed E-state index contributed by atoms with van der Waals surface area (Å²) in [4.78, 5) is 10.8. The van der Waals surface area contributed by atoms with E-state index in [1.807, 2.05) is 30.3 Å². The Morgan fingerprint density at radius 1 is 1.14 bits per heavy atom. The molecule has 0 saturated heterocycles. The molecule has 0 atom stereocenters. The lowest BCUT2D eigenvalue weighted by Gasteiger charge is -1.97. The number of ether oxygens (including phenoxy) is 1. The van der Waals surface area contributed by atoms with E-state index in [2.05, 4.69) is 0 Å². The van der Waals surface area contributed by atoms with Crippen LogP contribution in [-0.2, 0) is 0 Å². The van der Waals surface area contributed by atoms with Gasteiger partial charge in [0.2, 0.25) is 0 Å². The van der Waals surface area contributed by atoms with Gasteiger partial charge in [-0.3, -0.25) is 4.79 Å². The molecule has 0 aromatic rings. The SMILES string of the molecule is COc1cc(C=O)c2cccccc1-2. The number of aldehydes is 1. The van der Waals surface area contributed by atoms with Gasteiger partial charge in [0.1, 0.15) is 5.75 Å². The predicted octanol–water partition coefficient (Wildman–Crippen LogP) is 2.61. The van der Waals surface area contributed by atoms with Crippen molar-refractivity contribution >= 4 is 6.29 Å². The van der Waals surface area contributed by atoms with Crippen LogP contribution in [0.1, 0.15) is 10.4 Å². The monoisotopic (exact) mass is 186 g/mol. The highest BCUT2D eigenvalue weighted by atomic mass is 16.5. The number of hydrogen-bond acceptors (Lipinski definition) is 2. The maximum atomic E-state index is 10.8. The minimum atomic E-state index is 0.674. The molecule has 0 bridgehead atoms. The summed E-state index contributed by atoms with van der Waals surface area (Å²) >= 11 is 0. The summed E-state index contributed by atoms with van der Waals surface area (Å²) in [6.07, 6.45) is 0.852.